The number of guanidine groups is 1. The molecule has 3 rings (SSSR count). The van der Waals surface area contributed by atoms with Gasteiger partial charge in [0.25, 0.3) is 0 Å². The highest BCUT2D eigenvalue weighted by Crippen LogP contribution is 2.17. The predicted molar refractivity (Wildman–Crippen MR) is 140 cm³/mol. The third-order valence-electron chi connectivity index (χ3n) is 5.31. The summed E-state index contributed by atoms with van der Waals surface area (Å²) in [4.78, 5) is 26.9. The lowest BCUT2D eigenvalue weighted by atomic mass is 10.2. The van der Waals surface area contributed by atoms with Gasteiger partial charge in [0.05, 0.1) is 10.7 Å². The van der Waals surface area contributed by atoms with Crippen molar-refractivity contribution in [2.24, 2.45) is 4.99 Å². The van der Waals surface area contributed by atoms with E-state index in [1.807, 2.05) is 17.9 Å². The fraction of sp³-hybridized carbons (Fsp3) is 0.500. The number of thiazole rings is 1. The van der Waals surface area contributed by atoms with Crippen LogP contribution in [-0.2, 0) is 11.2 Å². The van der Waals surface area contributed by atoms with Crippen LogP contribution in [-0.4, -0.2) is 68.1 Å². The first-order chi connectivity index (χ1) is 14.6. The first-order valence-electron chi connectivity index (χ1n) is 10.5. The van der Waals surface area contributed by atoms with Crippen molar-refractivity contribution >= 4 is 52.9 Å². The molecule has 9 heteroatoms. The van der Waals surface area contributed by atoms with Gasteiger partial charge in [-0.1, -0.05) is 18.2 Å². The van der Waals surface area contributed by atoms with Crippen LogP contribution in [0.15, 0.2) is 35.3 Å². The number of rotatable bonds is 7. The first-order valence-corrected chi connectivity index (χ1v) is 11.3. The molecule has 0 unspecified atom stereocenters. The first kappa shape index (κ1) is 25.4. The number of anilines is 1. The van der Waals surface area contributed by atoms with E-state index in [1.54, 1.807) is 18.4 Å². The number of piperazine rings is 1. The Morgan fingerprint density at radius 1 is 1.10 bits per heavy atom. The number of carbonyl (C=O) groups excluding carboxylic acids is 1. The second kappa shape index (κ2) is 12.8. The molecule has 1 saturated heterocycles. The Bertz CT molecular complexity index is 829. The van der Waals surface area contributed by atoms with Crippen LogP contribution >= 0.6 is 35.3 Å². The van der Waals surface area contributed by atoms with Gasteiger partial charge in [-0.2, -0.15) is 0 Å². The molecule has 2 N–H and O–H groups in total. The summed E-state index contributed by atoms with van der Waals surface area (Å²) in [5.74, 6) is 0.918. The van der Waals surface area contributed by atoms with Gasteiger partial charge in [-0.15, -0.1) is 35.3 Å². The minimum Gasteiger partial charge on any atom is -0.368 e. The minimum atomic E-state index is 0. The summed E-state index contributed by atoms with van der Waals surface area (Å²) in [6, 6.07) is 10.4. The number of para-hydroxylation sites is 1. The molecule has 1 aliphatic rings. The van der Waals surface area contributed by atoms with Crippen LogP contribution in [0.25, 0.3) is 0 Å². The lowest BCUT2D eigenvalue weighted by Gasteiger charge is -2.36. The van der Waals surface area contributed by atoms with Gasteiger partial charge in [0.15, 0.2) is 5.96 Å². The highest BCUT2D eigenvalue weighted by molar-refractivity contribution is 14.0. The van der Waals surface area contributed by atoms with E-state index in [-0.39, 0.29) is 29.9 Å². The zero-order valence-electron chi connectivity index (χ0n) is 18.6. The number of carbonyl (C=O) groups is 1. The molecule has 31 heavy (non-hydrogen) atoms. The van der Waals surface area contributed by atoms with Crippen LogP contribution in [0, 0.1) is 13.8 Å². The number of aryl methyl sites for hydroxylation is 2. The average molecular weight is 557 g/mol. The van der Waals surface area contributed by atoms with E-state index in [1.165, 1.54) is 10.6 Å². The fourth-order valence-corrected chi connectivity index (χ4v) is 4.39. The quantitative estimate of drug-likeness (QED) is 0.312. The molecular weight excluding hydrogens is 523 g/mol. The maximum Gasteiger partial charge on any atom is 0.224 e. The van der Waals surface area contributed by atoms with E-state index in [0.717, 1.165) is 55.8 Å². The molecule has 0 saturated carbocycles. The molecule has 170 valence electrons. The van der Waals surface area contributed by atoms with E-state index < -0.39 is 0 Å². The number of aliphatic imine (C=N–C) groups is 1. The van der Waals surface area contributed by atoms with E-state index in [9.17, 15) is 4.79 Å². The Morgan fingerprint density at radius 3 is 2.39 bits per heavy atom. The van der Waals surface area contributed by atoms with Crippen molar-refractivity contribution in [1.82, 2.24) is 20.5 Å². The Kier molecular flexibility index (Phi) is 10.5. The molecule has 1 aliphatic heterocycles. The summed E-state index contributed by atoms with van der Waals surface area (Å²) in [6.07, 6.45) is 1.33. The molecule has 0 radical (unpaired) electrons. The van der Waals surface area contributed by atoms with Crippen molar-refractivity contribution in [1.29, 1.82) is 0 Å². The molecule has 1 amide bonds. The number of nitrogens with zero attached hydrogens (tertiary/aromatic N) is 4. The van der Waals surface area contributed by atoms with Crippen molar-refractivity contribution < 1.29 is 4.79 Å². The SMILES string of the molecule is CN=C(NCCC(=O)N1CCN(c2ccccc2)CC1)NCCc1nc(C)c(C)s1.I. The van der Waals surface area contributed by atoms with Gasteiger partial charge in [-0.3, -0.25) is 9.79 Å². The lowest BCUT2D eigenvalue weighted by molar-refractivity contribution is -0.131. The third-order valence-corrected chi connectivity index (χ3v) is 6.45. The Hall–Kier alpha value is -1.88. The summed E-state index contributed by atoms with van der Waals surface area (Å²) in [5, 5.41) is 7.68. The zero-order chi connectivity index (χ0) is 21.3. The van der Waals surface area contributed by atoms with Gasteiger partial charge in [0.2, 0.25) is 5.91 Å². The number of aromatic nitrogens is 1. The molecule has 1 fully saturated rings. The Morgan fingerprint density at radius 2 is 1.77 bits per heavy atom. The smallest absolute Gasteiger partial charge is 0.224 e. The maximum absolute atomic E-state index is 12.5. The van der Waals surface area contributed by atoms with Gasteiger partial charge in [0.1, 0.15) is 0 Å². The van der Waals surface area contributed by atoms with Gasteiger partial charge in [-0.25, -0.2) is 4.98 Å². The molecule has 0 spiro atoms. The Balaban J connectivity index is 0.00000341. The summed E-state index contributed by atoms with van der Waals surface area (Å²) in [7, 11) is 1.75. The molecule has 0 atom stereocenters. The largest absolute Gasteiger partial charge is 0.368 e. The van der Waals surface area contributed by atoms with E-state index in [4.69, 9.17) is 0 Å². The summed E-state index contributed by atoms with van der Waals surface area (Å²) in [6.45, 7) is 8.78. The van der Waals surface area contributed by atoms with Gasteiger partial charge in [-0.05, 0) is 26.0 Å². The van der Waals surface area contributed by atoms with E-state index >= 15 is 0 Å². The van der Waals surface area contributed by atoms with Crippen molar-refractivity contribution in [3.63, 3.8) is 0 Å². The second-order valence-electron chi connectivity index (χ2n) is 7.38. The standard InChI is InChI=1S/C22H32N6OS.HI/c1-17-18(2)30-20(26-17)9-11-24-22(23-3)25-12-10-21(29)28-15-13-27(14-16-28)19-7-5-4-6-8-19;/h4-8H,9-16H2,1-3H3,(H2,23,24,25);1H. The minimum absolute atomic E-state index is 0. The number of nitrogens with one attached hydrogen (secondary N) is 2. The molecule has 2 heterocycles. The van der Waals surface area contributed by atoms with E-state index in [0.29, 0.717) is 13.0 Å². The molecule has 0 bridgehead atoms. The monoisotopic (exact) mass is 556 g/mol. The molecular formula is C22H33IN6OS. The topological polar surface area (TPSA) is 72.9 Å². The van der Waals surface area contributed by atoms with Crippen LogP contribution in [0.4, 0.5) is 5.69 Å². The predicted octanol–water partition coefficient (Wildman–Crippen LogP) is 2.82. The number of hydrogen-bond donors (Lipinski definition) is 2. The van der Waals surface area contributed by atoms with Gasteiger partial charge < -0.3 is 20.4 Å². The Labute approximate surface area is 206 Å². The van der Waals surface area contributed by atoms with Gasteiger partial charge >= 0.3 is 0 Å². The zero-order valence-corrected chi connectivity index (χ0v) is 21.7. The van der Waals surface area contributed by atoms with Crippen molar-refractivity contribution in [2.75, 3.05) is 51.2 Å². The third kappa shape index (κ3) is 7.64. The van der Waals surface area contributed by atoms with Crippen molar-refractivity contribution in [3.05, 3.63) is 45.9 Å². The van der Waals surface area contributed by atoms with Gasteiger partial charge in [0, 0.05) is 69.7 Å². The molecule has 1 aromatic heterocycles. The molecule has 1 aromatic carbocycles. The maximum atomic E-state index is 12.5. The van der Waals surface area contributed by atoms with Crippen LogP contribution in [0.2, 0.25) is 0 Å². The van der Waals surface area contributed by atoms with Crippen LogP contribution in [0.3, 0.4) is 0 Å². The van der Waals surface area contributed by atoms with Crippen LogP contribution in [0.5, 0.6) is 0 Å². The van der Waals surface area contributed by atoms with E-state index in [2.05, 4.69) is 56.7 Å². The molecule has 7 nitrogen and oxygen atoms in total. The normalized spacial score (nSPS) is 14.2. The highest BCUT2D eigenvalue weighted by Gasteiger charge is 2.20. The number of amides is 1. The lowest BCUT2D eigenvalue weighted by Crippen LogP contribution is -2.49. The highest BCUT2D eigenvalue weighted by atomic mass is 127. The average Bonchev–Trinajstić information content (AvgIpc) is 3.10. The summed E-state index contributed by atoms with van der Waals surface area (Å²) in [5.41, 5.74) is 2.34. The molecule has 0 aliphatic carbocycles. The number of halogens is 1. The fourth-order valence-electron chi connectivity index (χ4n) is 3.45. The molecule has 2 aromatic rings. The van der Waals surface area contributed by atoms with Crippen molar-refractivity contribution in [2.45, 2.75) is 26.7 Å². The number of hydrogen-bond acceptors (Lipinski definition) is 5. The number of benzene rings is 1. The second-order valence-corrected chi connectivity index (χ2v) is 8.67. The van der Waals surface area contributed by atoms with Crippen LogP contribution < -0.4 is 15.5 Å². The summed E-state index contributed by atoms with van der Waals surface area (Å²) >= 11 is 1.74. The van der Waals surface area contributed by atoms with Crippen molar-refractivity contribution in [3.8, 4) is 0 Å². The van der Waals surface area contributed by atoms with Crippen LogP contribution in [0.1, 0.15) is 22.0 Å². The summed E-state index contributed by atoms with van der Waals surface area (Å²) < 4.78 is 0.